The van der Waals surface area contributed by atoms with E-state index in [0.29, 0.717) is 19.0 Å². The van der Waals surface area contributed by atoms with Gasteiger partial charge in [0.25, 0.3) is 0 Å². The maximum absolute atomic E-state index is 8.50. The highest BCUT2D eigenvalue weighted by molar-refractivity contribution is 5.47. The van der Waals surface area contributed by atoms with Gasteiger partial charge in [-0.25, -0.2) is 9.97 Å². The van der Waals surface area contributed by atoms with Crippen LogP contribution in [0.1, 0.15) is 19.3 Å². The predicted octanol–water partition coefficient (Wildman–Crippen LogP) is 1.31. The van der Waals surface area contributed by atoms with Crippen molar-refractivity contribution in [2.24, 2.45) is 0 Å². The Balaban J connectivity index is 1.89. The number of hydrogen-bond acceptors (Lipinski definition) is 6. The van der Waals surface area contributed by atoms with Gasteiger partial charge in [-0.3, -0.25) is 0 Å². The lowest BCUT2D eigenvalue weighted by Crippen LogP contribution is -2.39. The van der Waals surface area contributed by atoms with E-state index in [1.807, 2.05) is 6.07 Å². The lowest BCUT2D eigenvalue weighted by Gasteiger charge is -2.30. The van der Waals surface area contributed by atoms with E-state index < -0.39 is 0 Å². The molecule has 2 heterocycles. The minimum absolute atomic E-state index is 0.445. The van der Waals surface area contributed by atoms with E-state index in [-0.39, 0.29) is 0 Å². The summed E-state index contributed by atoms with van der Waals surface area (Å²) in [6, 6.07) is 4.44. The number of nitrogens with zero attached hydrogens (tertiary/aromatic N) is 4. The second-order valence-corrected chi connectivity index (χ2v) is 4.87. The van der Waals surface area contributed by atoms with Crippen LogP contribution in [0.5, 0.6) is 0 Å². The average Bonchev–Trinajstić information content (AvgIpc) is 2.39. The van der Waals surface area contributed by atoms with Crippen LogP contribution in [0.3, 0.4) is 0 Å². The number of piperidine rings is 1. The monoisotopic (exact) mass is 260 g/mol. The van der Waals surface area contributed by atoms with Crippen LogP contribution in [-0.2, 0) is 0 Å². The van der Waals surface area contributed by atoms with E-state index in [4.69, 9.17) is 5.26 Å². The zero-order valence-electron chi connectivity index (χ0n) is 11.3. The van der Waals surface area contributed by atoms with E-state index in [1.165, 1.54) is 19.4 Å². The molecule has 0 bridgehead atoms. The molecule has 1 unspecified atom stereocenters. The summed E-state index contributed by atoms with van der Waals surface area (Å²) in [6.07, 6.45) is 4.40. The molecule has 2 N–H and O–H groups in total. The zero-order chi connectivity index (χ0) is 13.5. The minimum atomic E-state index is 0.445. The molecule has 6 nitrogen and oxygen atoms in total. The van der Waals surface area contributed by atoms with Crippen LogP contribution in [0.2, 0.25) is 0 Å². The van der Waals surface area contributed by atoms with Gasteiger partial charge in [0.15, 0.2) is 0 Å². The maximum atomic E-state index is 8.50. The van der Waals surface area contributed by atoms with Crippen molar-refractivity contribution in [3.05, 3.63) is 12.4 Å². The molecule has 1 aliphatic heterocycles. The quantitative estimate of drug-likeness (QED) is 0.777. The van der Waals surface area contributed by atoms with Gasteiger partial charge < -0.3 is 15.5 Å². The van der Waals surface area contributed by atoms with Gasteiger partial charge in [0.2, 0.25) is 0 Å². The highest BCUT2D eigenvalue weighted by Crippen LogP contribution is 2.15. The fraction of sp³-hybridized carbons (Fsp3) is 0.615. The maximum Gasteiger partial charge on any atom is 0.131 e. The van der Waals surface area contributed by atoms with Crippen molar-refractivity contribution >= 4 is 11.6 Å². The molecule has 6 heteroatoms. The lowest BCUT2D eigenvalue weighted by molar-refractivity contribution is 0.261. The highest BCUT2D eigenvalue weighted by atomic mass is 15.2. The van der Waals surface area contributed by atoms with E-state index in [0.717, 1.165) is 18.2 Å². The summed E-state index contributed by atoms with van der Waals surface area (Å²) in [4.78, 5) is 10.7. The molecule has 0 aromatic carbocycles. The van der Waals surface area contributed by atoms with E-state index >= 15 is 0 Å². The molecular formula is C13H20N6. The highest BCUT2D eigenvalue weighted by Gasteiger charge is 2.17. The predicted molar refractivity (Wildman–Crippen MR) is 74.9 cm³/mol. The molecule has 0 radical (unpaired) electrons. The summed E-state index contributed by atoms with van der Waals surface area (Å²) in [7, 11) is 2.14. The number of nitriles is 1. The van der Waals surface area contributed by atoms with Crippen LogP contribution in [0, 0.1) is 11.3 Å². The zero-order valence-corrected chi connectivity index (χ0v) is 11.3. The SMILES string of the molecule is CN1CCCC(Nc2cc(NCCC#N)ncn2)C1. The number of hydrogen-bond donors (Lipinski definition) is 2. The van der Waals surface area contributed by atoms with Gasteiger partial charge in [-0.2, -0.15) is 5.26 Å². The Hall–Kier alpha value is -1.87. The Morgan fingerprint density at radius 2 is 2.32 bits per heavy atom. The number of likely N-dealkylation sites (N-methyl/N-ethyl adjacent to an activating group) is 1. The number of aromatic nitrogens is 2. The molecule has 2 rings (SSSR count). The molecule has 1 saturated heterocycles. The van der Waals surface area contributed by atoms with Gasteiger partial charge >= 0.3 is 0 Å². The lowest BCUT2D eigenvalue weighted by atomic mass is 10.1. The summed E-state index contributed by atoms with van der Waals surface area (Å²) in [5, 5.41) is 15.1. The van der Waals surface area contributed by atoms with Crippen LogP contribution in [0.15, 0.2) is 12.4 Å². The number of rotatable bonds is 5. The molecule has 1 aromatic heterocycles. The Morgan fingerprint density at radius 1 is 1.47 bits per heavy atom. The van der Waals surface area contributed by atoms with E-state index in [2.05, 4.69) is 38.6 Å². The van der Waals surface area contributed by atoms with Crippen LogP contribution in [-0.4, -0.2) is 47.6 Å². The molecule has 1 fully saturated rings. The molecule has 0 aliphatic carbocycles. The van der Waals surface area contributed by atoms with Crippen molar-refractivity contribution < 1.29 is 0 Å². The number of likely N-dealkylation sites (tertiary alicyclic amines) is 1. The molecule has 0 spiro atoms. The van der Waals surface area contributed by atoms with Crippen molar-refractivity contribution in [2.45, 2.75) is 25.3 Å². The first-order valence-corrected chi connectivity index (χ1v) is 6.66. The molecule has 1 aromatic rings. The van der Waals surface area contributed by atoms with Crippen molar-refractivity contribution in [2.75, 3.05) is 37.3 Å². The van der Waals surface area contributed by atoms with Gasteiger partial charge in [0.1, 0.15) is 18.0 Å². The van der Waals surface area contributed by atoms with Crippen molar-refractivity contribution in [1.82, 2.24) is 14.9 Å². The fourth-order valence-electron chi connectivity index (χ4n) is 2.27. The topological polar surface area (TPSA) is 76.9 Å². The Labute approximate surface area is 113 Å². The standard InChI is InChI=1S/C13H20N6/c1-19-7-2-4-11(9-19)18-13-8-12(16-10-17-13)15-6-3-5-14/h8,10-11H,2-4,6-7,9H2,1H3,(H2,15,16,17,18). The molecule has 102 valence electrons. The molecular weight excluding hydrogens is 240 g/mol. The van der Waals surface area contributed by atoms with Crippen molar-refractivity contribution in [3.8, 4) is 6.07 Å². The third kappa shape index (κ3) is 4.38. The minimum Gasteiger partial charge on any atom is -0.369 e. The average molecular weight is 260 g/mol. The van der Waals surface area contributed by atoms with Gasteiger partial charge in [-0.15, -0.1) is 0 Å². The second kappa shape index (κ2) is 6.90. The number of anilines is 2. The summed E-state index contributed by atoms with van der Waals surface area (Å²) in [6.45, 7) is 2.82. The smallest absolute Gasteiger partial charge is 0.131 e. The fourth-order valence-corrected chi connectivity index (χ4v) is 2.27. The van der Waals surface area contributed by atoms with Crippen molar-refractivity contribution in [1.29, 1.82) is 5.26 Å². The van der Waals surface area contributed by atoms with Crippen LogP contribution in [0.25, 0.3) is 0 Å². The van der Waals surface area contributed by atoms with Gasteiger partial charge in [0.05, 0.1) is 12.5 Å². The van der Waals surface area contributed by atoms with E-state index in [9.17, 15) is 0 Å². The van der Waals surface area contributed by atoms with Gasteiger partial charge in [0, 0.05) is 25.2 Å². The summed E-state index contributed by atoms with van der Waals surface area (Å²) < 4.78 is 0. The third-order valence-electron chi connectivity index (χ3n) is 3.19. The molecule has 0 saturated carbocycles. The largest absolute Gasteiger partial charge is 0.369 e. The first-order chi connectivity index (χ1) is 9.28. The van der Waals surface area contributed by atoms with Gasteiger partial charge in [-0.1, -0.05) is 0 Å². The van der Waals surface area contributed by atoms with Crippen LogP contribution in [0.4, 0.5) is 11.6 Å². The molecule has 1 aliphatic rings. The first kappa shape index (κ1) is 13.6. The second-order valence-electron chi connectivity index (χ2n) is 4.87. The van der Waals surface area contributed by atoms with Crippen LogP contribution < -0.4 is 10.6 Å². The molecule has 1 atom stereocenters. The summed E-state index contributed by atoms with van der Waals surface area (Å²) >= 11 is 0. The molecule has 19 heavy (non-hydrogen) atoms. The Bertz CT molecular complexity index is 441. The summed E-state index contributed by atoms with van der Waals surface area (Å²) in [5.74, 6) is 1.60. The normalized spacial score (nSPS) is 19.7. The van der Waals surface area contributed by atoms with Gasteiger partial charge in [-0.05, 0) is 26.4 Å². The number of nitrogens with one attached hydrogen (secondary N) is 2. The third-order valence-corrected chi connectivity index (χ3v) is 3.19. The van der Waals surface area contributed by atoms with Crippen molar-refractivity contribution in [3.63, 3.8) is 0 Å². The Morgan fingerprint density at radius 3 is 3.11 bits per heavy atom. The Kier molecular flexibility index (Phi) is 4.93. The first-order valence-electron chi connectivity index (χ1n) is 6.66. The van der Waals surface area contributed by atoms with Crippen LogP contribution >= 0.6 is 0 Å². The van der Waals surface area contributed by atoms with E-state index in [1.54, 1.807) is 6.33 Å². The summed E-state index contributed by atoms with van der Waals surface area (Å²) in [5.41, 5.74) is 0. The molecule has 0 amide bonds.